The lowest BCUT2D eigenvalue weighted by Crippen LogP contribution is -2.55. The monoisotopic (exact) mass is 333 g/mol. The van der Waals surface area contributed by atoms with Gasteiger partial charge >= 0.3 is 0 Å². The maximum Gasteiger partial charge on any atom is 0.191 e. The normalized spacial score (nSPS) is 20.0. The fourth-order valence-corrected chi connectivity index (χ4v) is 2.88. The molecule has 1 aliphatic heterocycles. The summed E-state index contributed by atoms with van der Waals surface area (Å²) in [6, 6.07) is 8.61. The van der Waals surface area contributed by atoms with E-state index in [0.717, 1.165) is 43.5 Å². The van der Waals surface area contributed by atoms with Crippen LogP contribution in [0.5, 0.6) is 5.75 Å². The number of nitrogens with zero attached hydrogens (tertiary/aromatic N) is 3. The number of aliphatic imine (C=N–C) groups is 1. The summed E-state index contributed by atoms with van der Waals surface area (Å²) in [6.07, 6.45) is 0. The van der Waals surface area contributed by atoms with Crippen LogP contribution in [0.3, 0.4) is 0 Å². The lowest BCUT2D eigenvalue weighted by molar-refractivity contribution is 0.116. The van der Waals surface area contributed by atoms with Crippen LogP contribution in [0.1, 0.15) is 12.5 Å². The van der Waals surface area contributed by atoms with Crippen LogP contribution in [-0.4, -0.2) is 75.7 Å². The smallest absolute Gasteiger partial charge is 0.191 e. The van der Waals surface area contributed by atoms with Crippen molar-refractivity contribution in [2.24, 2.45) is 4.99 Å². The molecule has 0 aromatic heterocycles. The van der Waals surface area contributed by atoms with Crippen molar-refractivity contribution in [1.82, 2.24) is 20.4 Å². The molecular weight excluding hydrogens is 302 g/mol. The van der Waals surface area contributed by atoms with E-state index in [1.165, 1.54) is 0 Å². The number of nitrogens with one attached hydrogen (secondary N) is 2. The van der Waals surface area contributed by atoms with Gasteiger partial charge in [-0.15, -0.1) is 0 Å². The quantitative estimate of drug-likeness (QED) is 0.601. The highest BCUT2D eigenvalue weighted by molar-refractivity contribution is 5.79. The van der Waals surface area contributed by atoms with Crippen LogP contribution in [-0.2, 0) is 6.54 Å². The number of rotatable bonds is 6. The average Bonchev–Trinajstić information content (AvgIpc) is 2.59. The molecule has 1 heterocycles. The zero-order chi connectivity index (χ0) is 17.4. The summed E-state index contributed by atoms with van der Waals surface area (Å²) in [7, 11) is 6.17. The summed E-state index contributed by atoms with van der Waals surface area (Å²) in [5.41, 5.74) is 1.14. The lowest BCUT2D eigenvalue weighted by atomic mass is 10.2. The highest BCUT2D eigenvalue weighted by atomic mass is 16.5. The Balaban J connectivity index is 1.84. The number of hydrogen-bond donors (Lipinski definition) is 2. The largest absolute Gasteiger partial charge is 0.494 e. The standard InChI is InChI=1S/C18H31N5O/c1-5-24-17-9-7-6-8-15(17)12-20-18(19-2)21-13-16-14-22(3)10-11-23(16)4/h6-9,16H,5,10-14H2,1-4H3,(H2,19,20,21). The molecule has 1 unspecified atom stereocenters. The van der Waals surface area contributed by atoms with Crippen LogP contribution in [0.2, 0.25) is 0 Å². The summed E-state index contributed by atoms with van der Waals surface area (Å²) in [5, 5.41) is 6.82. The molecule has 2 N–H and O–H groups in total. The molecule has 24 heavy (non-hydrogen) atoms. The number of benzene rings is 1. The second kappa shape index (κ2) is 9.49. The van der Waals surface area contributed by atoms with Gasteiger partial charge in [0.05, 0.1) is 6.61 Å². The first-order valence-electron chi connectivity index (χ1n) is 8.68. The number of likely N-dealkylation sites (N-methyl/N-ethyl adjacent to an activating group) is 2. The third-order valence-electron chi connectivity index (χ3n) is 4.43. The van der Waals surface area contributed by atoms with Gasteiger partial charge in [-0.25, -0.2) is 0 Å². The van der Waals surface area contributed by atoms with Crippen molar-refractivity contribution in [3.8, 4) is 5.75 Å². The van der Waals surface area contributed by atoms with Crippen LogP contribution in [0.15, 0.2) is 29.3 Å². The molecule has 6 nitrogen and oxygen atoms in total. The molecule has 0 bridgehead atoms. The van der Waals surface area contributed by atoms with Crippen LogP contribution >= 0.6 is 0 Å². The maximum absolute atomic E-state index is 5.67. The first-order chi connectivity index (χ1) is 11.6. The van der Waals surface area contributed by atoms with Gasteiger partial charge in [0, 0.05) is 51.4 Å². The van der Waals surface area contributed by atoms with Gasteiger partial charge in [-0.2, -0.15) is 0 Å². The zero-order valence-corrected chi connectivity index (χ0v) is 15.4. The molecule has 1 aromatic rings. The van der Waals surface area contributed by atoms with Gasteiger partial charge in [-0.1, -0.05) is 18.2 Å². The van der Waals surface area contributed by atoms with Crippen molar-refractivity contribution in [1.29, 1.82) is 0 Å². The van der Waals surface area contributed by atoms with Crippen molar-refractivity contribution in [2.45, 2.75) is 19.5 Å². The lowest BCUT2D eigenvalue weighted by Gasteiger charge is -2.37. The fraction of sp³-hybridized carbons (Fsp3) is 0.611. The second-order valence-corrected chi connectivity index (χ2v) is 6.24. The fourth-order valence-electron chi connectivity index (χ4n) is 2.88. The molecule has 1 fully saturated rings. The number of para-hydroxylation sites is 1. The Morgan fingerprint density at radius 2 is 2.04 bits per heavy atom. The van der Waals surface area contributed by atoms with Crippen molar-refractivity contribution >= 4 is 5.96 Å². The van der Waals surface area contributed by atoms with Crippen LogP contribution < -0.4 is 15.4 Å². The van der Waals surface area contributed by atoms with Gasteiger partial charge in [0.1, 0.15) is 5.75 Å². The second-order valence-electron chi connectivity index (χ2n) is 6.24. The molecule has 1 aromatic carbocycles. The zero-order valence-electron chi connectivity index (χ0n) is 15.4. The van der Waals surface area contributed by atoms with Gasteiger partial charge in [0.2, 0.25) is 0 Å². The maximum atomic E-state index is 5.67. The molecule has 0 spiro atoms. The van der Waals surface area contributed by atoms with Gasteiger partial charge in [0.15, 0.2) is 5.96 Å². The minimum absolute atomic E-state index is 0.498. The average molecular weight is 333 g/mol. The molecule has 0 amide bonds. The number of piperazine rings is 1. The highest BCUT2D eigenvalue weighted by Crippen LogP contribution is 2.17. The van der Waals surface area contributed by atoms with Gasteiger partial charge < -0.3 is 20.3 Å². The Labute approximate surface area is 145 Å². The summed E-state index contributed by atoms with van der Waals surface area (Å²) in [5.74, 6) is 1.75. The minimum atomic E-state index is 0.498. The molecule has 134 valence electrons. The van der Waals surface area contributed by atoms with E-state index in [-0.39, 0.29) is 0 Å². The number of ether oxygens (including phenoxy) is 1. The topological polar surface area (TPSA) is 52.1 Å². The number of guanidine groups is 1. The molecular formula is C18H31N5O. The van der Waals surface area contributed by atoms with Crippen molar-refractivity contribution in [3.63, 3.8) is 0 Å². The SMILES string of the molecule is CCOc1ccccc1CNC(=NC)NCC1CN(C)CCN1C. The van der Waals surface area contributed by atoms with E-state index in [4.69, 9.17) is 4.74 Å². The Morgan fingerprint density at radius 3 is 2.79 bits per heavy atom. The van der Waals surface area contributed by atoms with Crippen molar-refractivity contribution < 1.29 is 4.74 Å². The van der Waals surface area contributed by atoms with E-state index in [2.05, 4.69) is 45.6 Å². The van der Waals surface area contributed by atoms with Crippen molar-refractivity contribution in [3.05, 3.63) is 29.8 Å². The molecule has 0 aliphatic carbocycles. The van der Waals surface area contributed by atoms with Crippen molar-refractivity contribution in [2.75, 3.05) is 53.9 Å². The molecule has 2 rings (SSSR count). The first kappa shape index (κ1) is 18.5. The summed E-state index contributed by atoms with van der Waals surface area (Å²) < 4.78 is 5.67. The molecule has 0 radical (unpaired) electrons. The summed E-state index contributed by atoms with van der Waals surface area (Å²) in [6.45, 7) is 7.57. The Hall–Kier alpha value is -1.79. The van der Waals surface area contributed by atoms with E-state index in [1.807, 2.05) is 25.1 Å². The number of hydrogen-bond acceptors (Lipinski definition) is 4. The predicted molar refractivity (Wildman–Crippen MR) is 99.7 cm³/mol. The van der Waals surface area contributed by atoms with Crippen LogP contribution in [0.25, 0.3) is 0 Å². The third kappa shape index (κ3) is 5.39. The first-order valence-corrected chi connectivity index (χ1v) is 8.68. The highest BCUT2D eigenvalue weighted by Gasteiger charge is 2.22. The Kier molecular flexibility index (Phi) is 7.34. The van der Waals surface area contributed by atoms with E-state index in [9.17, 15) is 0 Å². The van der Waals surface area contributed by atoms with Crippen LogP contribution in [0.4, 0.5) is 0 Å². The predicted octanol–water partition coefficient (Wildman–Crippen LogP) is 0.996. The van der Waals surface area contributed by atoms with Gasteiger partial charge in [-0.3, -0.25) is 9.89 Å². The minimum Gasteiger partial charge on any atom is -0.494 e. The molecule has 1 atom stereocenters. The molecule has 1 aliphatic rings. The van der Waals surface area contributed by atoms with E-state index in [0.29, 0.717) is 19.2 Å². The van der Waals surface area contributed by atoms with Gasteiger partial charge in [-0.05, 0) is 27.1 Å². The summed E-state index contributed by atoms with van der Waals surface area (Å²) >= 11 is 0. The Bertz CT molecular complexity index is 534. The molecule has 0 saturated carbocycles. The molecule has 6 heteroatoms. The Morgan fingerprint density at radius 1 is 1.25 bits per heavy atom. The summed E-state index contributed by atoms with van der Waals surface area (Å²) in [4.78, 5) is 9.11. The van der Waals surface area contributed by atoms with E-state index in [1.54, 1.807) is 7.05 Å². The van der Waals surface area contributed by atoms with E-state index < -0.39 is 0 Å². The third-order valence-corrected chi connectivity index (χ3v) is 4.43. The van der Waals surface area contributed by atoms with E-state index >= 15 is 0 Å². The van der Waals surface area contributed by atoms with Gasteiger partial charge in [0.25, 0.3) is 0 Å². The molecule has 1 saturated heterocycles. The van der Waals surface area contributed by atoms with Crippen LogP contribution in [0, 0.1) is 0 Å².